The molecule has 0 aromatic carbocycles. The Bertz CT molecular complexity index is 513. The third-order valence-electron chi connectivity index (χ3n) is 3.64. The number of nitrogens with one attached hydrogen (secondary N) is 2. The third kappa shape index (κ3) is 4.24. The number of hydrogen-bond donors (Lipinski definition) is 2. The van der Waals surface area contributed by atoms with E-state index in [0.29, 0.717) is 37.1 Å². The molecule has 1 atom stereocenters. The minimum absolute atomic E-state index is 0.157. The van der Waals surface area contributed by atoms with Crippen molar-refractivity contribution >= 4 is 17.7 Å². The predicted octanol–water partition coefficient (Wildman–Crippen LogP) is 2.08. The second kappa shape index (κ2) is 7.84. The summed E-state index contributed by atoms with van der Waals surface area (Å²) < 4.78 is 10.1. The molecule has 0 bridgehead atoms. The number of likely N-dealkylation sites (tertiary alicyclic amines) is 1. The monoisotopic (exact) mass is 309 g/mol. The number of urea groups is 1. The van der Waals surface area contributed by atoms with Gasteiger partial charge in [-0.25, -0.2) is 9.59 Å². The number of aromatic amines is 1. The lowest BCUT2D eigenvalue weighted by Gasteiger charge is -2.32. The van der Waals surface area contributed by atoms with Crippen LogP contribution in [0.5, 0.6) is 0 Å². The molecular weight excluding hydrogens is 286 g/mol. The quantitative estimate of drug-likeness (QED) is 0.816. The summed E-state index contributed by atoms with van der Waals surface area (Å²) >= 11 is 0. The molecule has 1 unspecified atom stereocenters. The molecule has 2 heterocycles. The molecule has 0 radical (unpaired) electrons. The van der Waals surface area contributed by atoms with Gasteiger partial charge in [0.1, 0.15) is 5.69 Å². The maximum Gasteiger partial charge on any atom is 0.354 e. The Morgan fingerprint density at radius 2 is 2.32 bits per heavy atom. The van der Waals surface area contributed by atoms with Gasteiger partial charge in [0.2, 0.25) is 0 Å². The molecule has 1 saturated heterocycles. The summed E-state index contributed by atoms with van der Waals surface area (Å²) in [6.45, 7) is 4.15. The number of esters is 1. The van der Waals surface area contributed by atoms with Crippen LogP contribution in [0, 0.1) is 5.92 Å². The van der Waals surface area contributed by atoms with Gasteiger partial charge in [-0.2, -0.15) is 0 Å². The van der Waals surface area contributed by atoms with Gasteiger partial charge in [0, 0.05) is 32.3 Å². The van der Waals surface area contributed by atoms with Crippen LogP contribution >= 0.6 is 0 Å². The van der Waals surface area contributed by atoms with E-state index in [1.807, 2.05) is 0 Å². The smallest absolute Gasteiger partial charge is 0.354 e. The number of ether oxygens (including phenoxy) is 2. The second-order valence-corrected chi connectivity index (χ2v) is 5.36. The third-order valence-corrected chi connectivity index (χ3v) is 3.64. The van der Waals surface area contributed by atoms with Crippen molar-refractivity contribution in [1.82, 2.24) is 9.88 Å². The number of methoxy groups -OCH3 is 1. The lowest BCUT2D eigenvalue weighted by molar-refractivity contribution is 0.0520. The van der Waals surface area contributed by atoms with Gasteiger partial charge in [-0.3, -0.25) is 0 Å². The van der Waals surface area contributed by atoms with Gasteiger partial charge in [0.15, 0.2) is 0 Å². The number of piperidine rings is 1. The summed E-state index contributed by atoms with van der Waals surface area (Å²) in [7, 11) is 1.68. The summed E-state index contributed by atoms with van der Waals surface area (Å²) in [4.78, 5) is 28.4. The molecule has 122 valence electrons. The number of nitrogens with zero attached hydrogens (tertiary/aromatic N) is 1. The Balaban J connectivity index is 1.90. The number of hydrogen-bond acceptors (Lipinski definition) is 4. The van der Waals surface area contributed by atoms with Gasteiger partial charge < -0.3 is 24.7 Å². The maximum atomic E-state index is 12.3. The summed E-state index contributed by atoms with van der Waals surface area (Å²) in [6, 6.07) is 1.42. The zero-order valence-corrected chi connectivity index (χ0v) is 13.1. The molecular formula is C15H23N3O4. The van der Waals surface area contributed by atoms with E-state index < -0.39 is 5.97 Å². The van der Waals surface area contributed by atoms with E-state index >= 15 is 0 Å². The van der Waals surface area contributed by atoms with Crippen LogP contribution in [0.3, 0.4) is 0 Å². The predicted molar refractivity (Wildman–Crippen MR) is 81.9 cm³/mol. The van der Waals surface area contributed by atoms with Crippen molar-refractivity contribution in [2.24, 2.45) is 5.92 Å². The van der Waals surface area contributed by atoms with Crippen LogP contribution in [0.4, 0.5) is 10.5 Å². The number of aromatic nitrogens is 1. The summed E-state index contributed by atoms with van der Waals surface area (Å²) in [5.74, 6) is -0.0491. The zero-order chi connectivity index (χ0) is 15.9. The van der Waals surface area contributed by atoms with E-state index in [2.05, 4.69) is 10.3 Å². The zero-order valence-electron chi connectivity index (χ0n) is 13.1. The Labute approximate surface area is 130 Å². The fraction of sp³-hybridized carbons (Fsp3) is 0.600. The van der Waals surface area contributed by atoms with Crippen molar-refractivity contribution in [3.05, 3.63) is 18.0 Å². The molecule has 2 amide bonds. The lowest BCUT2D eigenvalue weighted by atomic mass is 9.99. The Morgan fingerprint density at radius 1 is 1.50 bits per heavy atom. The van der Waals surface area contributed by atoms with E-state index in [4.69, 9.17) is 9.47 Å². The van der Waals surface area contributed by atoms with Crippen molar-refractivity contribution in [1.29, 1.82) is 0 Å². The molecule has 1 aromatic rings. The van der Waals surface area contributed by atoms with Crippen LogP contribution in [0.25, 0.3) is 0 Å². The molecule has 1 aromatic heterocycles. The van der Waals surface area contributed by atoms with Crippen molar-refractivity contribution in [2.75, 3.05) is 38.7 Å². The number of rotatable bonds is 5. The highest BCUT2D eigenvalue weighted by molar-refractivity contribution is 5.93. The number of H-pyrrole nitrogens is 1. The summed E-state index contributed by atoms with van der Waals surface area (Å²) in [5, 5.41) is 2.80. The lowest BCUT2D eigenvalue weighted by Crippen LogP contribution is -2.43. The molecule has 0 saturated carbocycles. The molecule has 1 aliphatic heterocycles. The Morgan fingerprint density at radius 3 is 3.05 bits per heavy atom. The molecule has 2 N–H and O–H groups in total. The minimum Gasteiger partial charge on any atom is -0.461 e. The second-order valence-electron chi connectivity index (χ2n) is 5.36. The molecule has 22 heavy (non-hydrogen) atoms. The highest BCUT2D eigenvalue weighted by Gasteiger charge is 2.24. The van der Waals surface area contributed by atoms with Crippen molar-refractivity contribution in [3.8, 4) is 0 Å². The first kappa shape index (κ1) is 16.4. The summed E-state index contributed by atoms with van der Waals surface area (Å²) in [5.41, 5.74) is 0.884. The molecule has 1 aliphatic rings. The SMILES string of the molecule is CCOC(=O)c1cc(NC(=O)N2CCCC(COC)C2)c[nH]1. The van der Waals surface area contributed by atoms with E-state index in [0.717, 1.165) is 19.4 Å². The molecule has 2 rings (SSSR count). The van der Waals surface area contributed by atoms with Crippen LogP contribution in [0.2, 0.25) is 0 Å². The highest BCUT2D eigenvalue weighted by atomic mass is 16.5. The first-order valence-corrected chi connectivity index (χ1v) is 7.54. The van der Waals surface area contributed by atoms with E-state index in [1.54, 1.807) is 31.2 Å². The van der Waals surface area contributed by atoms with Gasteiger partial charge in [0.05, 0.1) is 18.9 Å². The van der Waals surface area contributed by atoms with E-state index in [-0.39, 0.29) is 6.03 Å². The highest BCUT2D eigenvalue weighted by Crippen LogP contribution is 2.18. The average molecular weight is 309 g/mol. The van der Waals surface area contributed by atoms with E-state index in [1.165, 1.54) is 0 Å². The van der Waals surface area contributed by atoms with Crippen LogP contribution in [0.15, 0.2) is 12.3 Å². The van der Waals surface area contributed by atoms with Gasteiger partial charge in [-0.05, 0) is 25.8 Å². The van der Waals surface area contributed by atoms with Crippen LogP contribution < -0.4 is 5.32 Å². The standard InChI is InChI=1S/C15H23N3O4/c1-3-22-14(19)13-7-12(8-16-13)17-15(20)18-6-4-5-11(9-18)10-21-2/h7-8,11,16H,3-6,9-10H2,1-2H3,(H,17,20). The topological polar surface area (TPSA) is 83.7 Å². The van der Waals surface area contributed by atoms with Gasteiger partial charge in [0.25, 0.3) is 0 Å². The number of amides is 2. The summed E-state index contributed by atoms with van der Waals surface area (Å²) in [6.07, 6.45) is 3.64. The minimum atomic E-state index is -0.430. The van der Waals surface area contributed by atoms with Crippen LogP contribution in [-0.2, 0) is 9.47 Å². The van der Waals surface area contributed by atoms with Gasteiger partial charge in [-0.15, -0.1) is 0 Å². The molecule has 1 fully saturated rings. The Kier molecular flexibility index (Phi) is 5.83. The molecule has 7 nitrogen and oxygen atoms in total. The maximum absolute atomic E-state index is 12.3. The molecule has 0 aliphatic carbocycles. The van der Waals surface area contributed by atoms with E-state index in [9.17, 15) is 9.59 Å². The first-order valence-electron chi connectivity index (χ1n) is 7.54. The average Bonchev–Trinajstić information content (AvgIpc) is 2.97. The Hall–Kier alpha value is -2.02. The van der Waals surface area contributed by atoms with Crippen molar-refractivity contribution in [3.63, 3.8) is 0 Å². The van der Waals surface area contributed by atoms with Crippen molar-refractivity contribution < 1.29 is 19.1 Å². The molecule has 0 spiro atoms. The fourth-order valence-electron chi connectivity index (χ4n) is 2.62. The van der Waals surface area contributed by atoms with Crippen LogP contribution in [0.1, 0.15) is 30.3 Å². The van der Waals surface area contributed by atoms with Gasteiger partial charge in [-0.1, -0.05) is 0 Å². The first-order chi connectivity index (χ1) is 10.6. The van der Waals surface area contributed by atoms with Crippen molar-refractivity contribution in [2.45, 2.75) is 19.8 Å². The van der Waals surface area contributed by atoms with Crippen LogP contribution in [-0.4, -0.2) is 55.3 Å². The number of carbonyl (C=O) groups excluding carboxylic acids is 2. The number of anilines is 1. The normalized spacial score (nSPS) is 18.1. The molecule has 7 heteroatoms. The fourth-order valence-corrected chi connectivity index (χ4v) is 2.62. The van der Waals surface area contributed by atoms with Gasteiger partial charge >= 0.3 is 12.0 Å². The largest absolute Gasteiger partial charge is 0.461 e. The number of carbonyl (C=O) groups is 2.